The molecule has 4 heteroatoms. The van der Waals surface area contributed by atoms with Gasteiger partial charge in [0, 0.05) is 20.4 Å². The minimum Gasteiger partial charge on any atom is -0.147 e. The van der Waals surface area contributed by atoms with Gasteiger partial charge in [0.05, 0.1) is 0 Å². The van der Waals surface area contributed by atoms with Gasteiger partial charge in [-0.2, -0.15) is 0 Å². The van der Waals surface area contributed by atoms with Crippen LogP contribution in [0.2, 0.25) is 0 Å². The third-order valence-corrected chi connectivity index (χ3v) is 10.7. The molecule has 178 valence electrons. The van der Waals surface area contributed by atoms with E-state index >= 15 is 0 Å². The minimum atomic E-state index is 0. The van der Waals surface area contributed by atoms with E-state index in [4.69, 9.17) is 0 Å². The van der Waals surface area contributed by atoms with Crippen molar-refractivity contribution in [2.45, 2.75) is 119 Å². The molecule has 0 aromatic heterocycles. The molecule has 0 bridgehead atoms. The Hall–Kier alpha value is 1.81. The number of hydrogen-bond donors (Lipinski definition) is 0. The summed E-state index contributed by atoms with van der Waals surface area (Å²) in [4.78, 5) is 0. The van der Waals surface area contributed by atoms with Crippen molar-refractivity contribution in [3.63, 3.8) is 0 Å². The summed E-state index contributed by atoms with van der Waals surface area (Å²) in [7, 11) is 0.843. The van der Waals surface area contributed by atoms with Crippen LogP contribution in [0.25, 0.3) is 0 Å². The van der Waals surface area contributed by atoms with Gasteiger partial charge in [-0.25, -0.2) is 0 Å². The van der Waals surface area contributed by atoms with Gasteiger partial charge in [-0.3, -0.25) is 0 Å². The van der Waals surface area contributed by atoms with Crippen molar-refractivity contribution in [3.05, 3.63) is 0 Å². The first-order valence-electron chi connectivity index (χ1n) is 12.1. The summed E-state index contributed by atoms with van der Waals surface area (Å²) in [6.45, 7) is 13.9. The molecule has 0 unspecified atom stereocenters. The predicted molar refractivity (Wildman–Crippen MR) is 140 cm³/mol. The van der Waals surface area contributed by atoms with Crippen LogP contribution in [0.1, 0.15) is 119 Å². The van der Waals surface area contributed by atoms with Crippen molar-refractivity contribution in [1.82, 2.24) is 0 Å². The van der Waals surface area contributed by atoms with E-state index < -0.39 is 0 Å². The van der Waals surface area contributed by atoms with E-state index in [1.165, 1.54) is 77.0 Å². The van der Waals surface area contributed by atoms with Gasteiger partial charge in [0.15, 0.2) is 0 Å². The Balaban J connectivity index is -0.000000192. The van der Waals surface area contributed by atoms with Gasteiger partial charge in [0.1, 0.15) is 0 Å². The zero-order valence-electron chi connectivity index (χ0n) is 20.3. The first-order valence-corrected chi connectivity index (χ1v) is 15.9. The van der Waals surface area contributed by atoms with E-state index in [0.717, 1.165) is 0 Å². The first-order chi connectivity index (χ1) is 12.7. The largest absolute Gasteiger partial charge is 0.147 e. The van der Waals surface area contributed by atoms with Crippen LogP contribution in [0.4, 0.5) is 0 Å². The van der Waals surface area contributed by atoms with Gasteiger partial charge in [0.25, 0.3) is 0 Å². The summed E-state index contributed by atoms with van der Waals surface area (Å²) >= 11 is 0. The molecular weight excluding hydrogens is 492 g/mol. The smallest absolute Gasteiger partial charge is 0 e. The summed E-state index contributed by atoms with van der Waals surface area (Å²) in [5.74, 6) is 0. The van der Waals surface area contributed by atoms with Crippen LogP contribution in [0.15, 0.2) is 0 Å². The molecule has 0 aliphatic heterocycles. The van der Waals surface area contributed by atoms with Crippen LogP contribution in [0.3, 0.4) is 0 Å². The Labute approximate surface area is 203 Å². The fourth-order valence-electron chi connectivity index (χ4n) is 2.96. The fraction of sp³-hybridized carbons (Fsp3) is 1.00. The van der Waals surface area contributed by atoms with E-state index in [1.807, 2.05) is 0 Å². The Morgan fingerprint density at radius 1 is 0.357 bits per heavy atom. The summed E-state index contributed by atoms with van der Waals surface area (Å²) in [6, 6.07) is 0. The molecule has 0 aromatic rings. The second-order valence-electron chi connectivity index (χ2n) is 7.80. The third kappa shape index (κ3) is 30.0. The first kappa shape index (κ1) is 37.1. The van der Waals surface area contributed by atoms with Crippen molar-refractivity contribution in [2.75, 3.05) is 37.0 Å². The molecular formula is C24H55ClP2Pd. The van der Waals surface area contributed by atoms with Crippen LogP contribution in [0.5, 0.6) is 0 Å². The third-order valence-electron chi connectivity index (χ3n) is 4.97. The van der Waals surface area contributed by atoms with Crippen molar-refractivity contribution in [2.24, 2.45) is 0 Å². The molecule has 0 radical (unpaired) electrons. The van der Waals surface area contributed by atoms with E-state index in [-0.39, 0.29) is 32.8 Å². The number of halogens is 1. The van der Waals surface area contributed by atoms with Gasteiger partial charge < -0.3 is 0 Å². The van der Waals surface area contributed by atoms with Gasteiger partial charge in [-0.15, -0.1) is 28.3 Å². The molecule has 0 atom stereocenters. The monoisotopic (exact) mass is 546 g/mol. The summed E-state index contributed by atoms with van der Waals surface area (Å²) in [5.41, 5.74) is 0. The zero-order valence-corrected chi connectivity index (χ0v) is 24.5. The number of hydrogen-bond acceptors (Lipinski definition) is 0. The Morgan fingerprint density at radius 2 is 0.500 bits per heavy atom. The molecule has 0 N–H and O–H groups in total. The fourth-order valence-corrected chi connectivity index (χ4v) is 8.88. The van der Waals surface area contributed by atoms with Crippen molar-refractivity contribution < 1.29 is 20.4 Å². The second kappa shape index (κ2) is 33.5. The molecule has 0 aliphatic rings. The van der Waals surface area contributed by atoms with Gasteiger partial charge in [-0.1, -0.05) is 80.1 Å². The summed E-state index contributed by atoms with van der Waals surface area (Å²) < 4.78 is 0. The Kier molecular flexibility index (Phi) is 44.4. The van der Waals surface area contributed by atoms with Crippen LogP contribution < -0.4 is 0 Å². The summed E-state index contributed by atoms with van der Waals surface area (Å²) in [6.07, 6.45) is 26.4. The maximum absolute atomic E-state index is 2.31. The van der Waals surface area contributed by atoms with Crippen molar-refractivity contribution in [3.8, 4) is 0 Å². The van der Waals surface area contributed by atoms with E-state index in [9.17, 15) is 0 Å². The topological polar surface area (TPSA) is 0 Å². The van der Waals surface area contributed by atoms with Crippen LogP contribution in [-0.2, 0) is 20.4 Å². The normalized spacial score (nSPS) is 10.3. The molecule has 0 saturated carbocycles. The maximum Gasteiger partial charge on any atom is 0 e. The van der Waals surface area contributed by atoms with Crippen LogP contribution >= 0.6 is 28.3 Å². The molecule has 0 saturated heterocycles. The molecule has 0 amide bonds. The van der Waals surface area contributed by atoms with Crippen molar-refractivity contribution >= 4 is 28.3 Å². The SMILES string of the molecule is CCCCP(CCCC)CCCC.CCCCP(CCCC)CCCC.Cl.[Pd]. The second-order valence-corrected chi connectivity index (χ2v) is 13.2. The molecule has 0 aliphatic carbocycles. The molecule has 0 fully saturated rings. The average molecular weight is 548 g/mol. The van der Waals surface area contributed by atoms with E-state index in [1.54, 1.807) is 37.0 Å². The average Bonchev–Trinajstić information content (AvgIpc) is 2.67. The standard InChI is InChI=1S/2C12H27P.ClH.Pd/c2*1-4-7-10-13(11-8-5-2)12-9-6-3;;/h2*4-12H2,1-3H3;1H;. The quantitative estimate of drug-likeness (QED) is 0.118. The summed E-state index contributed by atoms with van der Waals surface area (Å²) in [5, 5.41) is 0. The Morgan fingerprint density at radius 3 is 0.607 bits per heavy atom. The van der Waals surface area contributed by atoms with E-state index in [0.29, 0.717) is 15.8 Å². The van der Waals surface area contributed by atoms with Crippen LogP contribution in [-0.4, -0.2) is 37.0 Å². The predicted octanol–water partition coefficient (Wildman–Crippen LogP) is 10.2. The van der Waals surface area contributed by atoms with Gasteiger partial charge >= 0.3 is 0 Å². The van der Waals surface area contributed by atoms with Gasteiger partial charge in [-0.05, 0) is 75.5 Å². The molecule has 28 heavy (non-hydrogen) atoms. The van der Waals surface area contributed by atoms with E-state index in [2.05, 4.69) is 41.5 Å². The van der Waals surface area contributed by atoms with Crippen molar-refractivity contribution in [1.29, 1.82) is 0 Å². The minimum absolute atomic E-state index is 0. The maximum atomic E-state index is 2.31. The van der Waals surface area contributed by atoms with Gasteiger partial charge in [0.2, 0.25) is 0 Å². The molecule has 0 aromatic carbocycles. The zero-order chi connectivity index (χ0) is 19.9. The van der Waals surface area contributed by atoms with Crippen LogP contribution in [0, 0.1) is 0 Å². The molecule has 0 rings (SSSR count). The Bertz CT molecular complexity index is 181. The molecule has 0 nitrogen and oxygen atoms in total. The molecule has 0 heterocycles. The number of rotatable bonds is 18. The number of unbranched alkanes of at least 4 members (excludes halogenated alkanes) is 6. The molecule has 0 spiro atoms.